The Hall–Kier alpha value is -1.92. The van der Waals surface area contributed by atoms with Gasteiger partial charge in [-0.3, -0.25) is 0 Å². The van der Waals surface area contributed by atoms with Crippen LogP contribution in [-0.4, -0.2) is 21.0 Å². The molecule has 0 amide bonds. The van der Waals surface area contributed by atoms with Crippen LogP contribution >= 0.6 is 23.1 Å². The highest BCUT2D eigenvalue weighted by Crippen LogP contribution is 2.31. The predicted molar refractivity (Wildman–Crippen MR) is 79.7 cm³/mol. The minimum Gasteiger partial charge on any atom is -0.478 e. The van der Waals surface area contributed by atoms with E-state index in [-0.39, 0.29) is 5.56 Å². The first-order valence-electron chi connectivity index (χ1n) is 5.86. The number of benzene rings is 1. The maximum absolute atomic E-state index is 11.4. The zero-order valence-corrected chi connectivity index (χ0v) is 12.2. The summed E-state index contributed by atoms with van der Waals surface area (Å²) >= 11 is 2.92. The number of carboxylic acid groups (broad SMARTS) is 1. The van der Waals surface area contributed by atoms with Crippen LogP contribution in [0.25, 0.3) is 10.9 Å². The molecule has 2 heterocycles. The van der Waals surface area contributed by atoms with Gasteiger partial charge in [0.15, 0.2) is 4.34 Å². The molecule has 4 nitrogen and oxygen atoms in total. The standard InChI is InChI=1S/C14H10N2O2S2/c1-8-7-19-14(15-8)20-12-6-10(13(17)18)9-4-2-3-5-11(9)16-12/h2-7H,1H3,(H,17,18). The molecule has 0 saturated heterocycles. The molecule has 0 aliphatic rings. The van der Waals surface area contributed by atoms with Crippen molar-refractivity contribution in [2.45, 2.75) is 16.3 Å². The number of aryl methyl sites for hydroxylation is 1. The van der Waals surface area contributed by atoms with Crippen LogP contribution in [-0.2, 0) is 0 Å². The molecule has 1 N–H and O–H groups in total. The molecule has 0 fully saturated rings. The van der Waals surface area contributed by atoms with Crippen molar-refractivity contribution in [1.29, 1.82) is 0 Å². The van der Waals surface area contributed by atoms with Crippen LogP contribution in [0, 0.1) is 6.92 Å². The van der Waals surface area contributed by atoms with Crippen molar-refractivity contribution in [3.05, 3.63) is 47.0 Å². The number of pyridine rings is 1. The molecule has 0 bridgehead atoms. The number of hydrogen-bond acceptors (Lipinski definition) is 5. The zero-order chi connectivity index (χ0) is 14.1. The summed E-state index contributed by atoms with van der Waals surface area (Å²) in [5.74, 6) is -0.944. The summed E-state index contributed by atoms with van der Waals surface area (Å²) in [6.45, 7) is 1.93. The molecule has 20 heavy (non-hydrogen) atoms. The predicted octanol–water partition coefficient (Wildman–Crippen LogP) is 3.85. The second-order valence-corrected chi connectivity index (χ2v) is 6.31. The fourth-order valence-electron chi connectivity index (χ4n) is 1.85. The maximum Gasteiger partial charge on any atom is 0.336 e. The average Bonchev–Trinajstić information content (AvgIpc) is 2.83. The molecular weight excluding hydrogens is 292 g/mol. The second kappa shape index (κ2) is 5.22. The lowest BCUT2D eigenvalue weighted by Crippen LogP contribution is -1.99. The Bertz CT molecular complexity index is 799. The summed E-state index contributed by atoms with van der Waals surface area (Å²) in [5.41, 5.74) is 1.91. The first-order valence-corrected chi connectivity index (χ1v) is 7.56. The number of carbonyl (C=O) groups is 1. The Morgan fingerprint density at radius 3 is 2.80 bits per heavy atom. The number of aromatic carboxylic acids is 1. The second-order valence-electron chi connectivity index (χ2n) is 4.19. The van der Waals surface area contributed by atoms with Crippen LogP contribution in [0.2, 0.25) is 0 Å². The first-order chi connectivity index (χ1) is 9.63. The molecule has 100 valence electrons. The van der Waals surface area contributed by atoms with Gasteiger partial charge in [-0.1, -0.05) is 18.2 Å². The van der Waals surface area contributed by atoms with Gasteiger partial charge < -0.3 is 5.11 Å². The number of thiazole rings is 1. The number of carboxylic acids is 1. The van der Waals surface area contributed by atoms with Crippen molar-refractivity contribution in [2.24, 2.45) is 0 Å². The summed E-state index contributed by atoms with van der Waals surface area (Å²) in [4.78, 5) is 20.2. The van der Waals surface area contributed by atoms with Gasteiger partial charge in [-0.25, -0.2) is 14.8 Å². The Morgan fingerprint density at radius 1 is 1.30 bits per heavy atom. The molecule has 2 aromatic heterocycles. The monoisotopic (exact) mass is 302 g/mol. The fraction of sp³-hybridized carbons (Fsp3) is 0.0714. The quantitative estimate of drug-likeness (QED) is 0.796. The molecule has 0 spiro atoms. The lowest BCUT2D eigenvalue weighted by molar-refractivity contribution is 0.0698. The van der Waals surface area contributed by atoms with Crippen LogP contribution in [0.3, 0.4) is 0 Å². The van der Waals surface area contributed by atoms with Crippen molar-refractivity contribution >= 4 is 40.0 Å². The van der Waals surface area contributed by atoms with Gasteiger partial charge in [0.1, 0.15) is 5.03 Å². The average molecular weight is 302 g/mol. The Balaban J connectivity index is 2.10. The van der Waals surface area contributed by atoms with E-state index in [1.54, 1.807) is 12.1 Å². The third-order valence-corrected chi connectivity index (χ3v) is 4.69. The van der Waals surface area contributed by atoms with Crippen LogP contribution in [0.15, 0.2) is 45.1 Å². The number of para-hydroxylation sites is 1. The van der Waals surface area contributed by atoms with Gasteiger partial charge in [0.2, 0.25) is 0 Å². The molecule has 1 aromatic carbocycles. The van der Waals surface area contributed by atoms with E-state index in [9.17, 15) is 9.90 Å². The van der Waals surface area contributed by atoms with Crippen molar-refractivity contribution < 1.29 is 9.90 Å². The third kappa shape index (κ3) is 2.52. The van der Waals surface area contributed by atoms with E-state index < -0.39 is 5.97 Å². The summed E-state index contributed by atoms with van der Waals surface area (Å²) in [5, 5.41) is 12.6. The summed E-state index contributed by atoms with van der Waals surface area (Å²) in [6, 6.07) is 8.86. The van der Waals surface area contributed by atoms with Gasteiger partial charge in [-0.2, -0.15) is 0 Å². The Kier molecular flexibility index (Phi) is 3.42. The molecule has 0 radical (unpaired) electrons. The summed E-state index contributed by atoms with van der Waals surface area (Å²) in [7, 11) is 0. The van der Waals surface area contributed by atoms with E-state index in [1.807, 2.05) is 30.5 Å². The molecule has 0 saturated carbocycles. The van der Waals surface area contributed by atoms with Crippen LogP contribution in [0.5, 0.6) is 0 Å². The van der Waals surface area contributed by atoms with Gasteiger partial charge >= 0.3 is 5.97 Å². The highest BCUT2D eigenvalue weighted by Gasteiger charge is 2.13. The SMILES string of the molecule is Cc1csc(Sc2cc(C(=O)O)c3ccccc3n2)n1. The summed E-state index contributed by atoms with van der Waals surface area (Å²) in [6.07, 6.45) is 0. The molecule has 0 aliphatic heterocycles. The lowest BCUT2D eigenvalue weighted by Gasteiger charge is -2.05. The van der Waals surface area contributed by atoms with Crippen LogP contribution in [0.1, 0.15) is 16.1 Å². The van der Waals surface area contributed by atoms with E-state index in [0.717, 1.165) is 10.0 Å². The molecule has 3 aromatic rings. The van der Waals surface area contributed by atoms with Gasteiger partial charge in [-0.15, -0.1) is 11.3 Å². The topological polar surface area (TPSA) is 63.1 Å². The van der Waals surface area contributed by atoms with E-state index in [0.29, 0.717) is 15.9 Å². The number of fused-ring (bicyclic) bond motifs is 1. The highest BCUT2D eigenvalue weighted by molar-refractivity contribution is 8.01. The number of aromatic nitrogens is 2. The van der Waals surface area contributed by atoms with E-state index in [1.165, 1.54) is 23.1 Å². The molecule has 3 rings (SSSR count). The van der Waals surface area contributed by atoms with Gasteiger partial charge in [0.05, 0.1) is 11.1 Å². The first kappa shape index (κ1) is 13.1. The molecule has 6 heteroatoms. The fourth-order valence-corrected chi connectivity index (χ4v) is 3.65. The molecule has 0 atom stereocenters. The van der Waals surface area contributed by atoms with Crippen LogP contribution < -0.4 is 0 Å². The molecule has 0 unspecified atom stereocenters. The minimum absolute atomic E-state index is 0.270. The summed E-state index contributed by atoms with van der Waals surface area (Å²) < 4.78 is 0.863. The normalized spacial score (nSPS) is 10.8. The highest BCUT2D eigenvalue weighted by atomic mass is 32.2. The van der Waals surface area contributed by atoms with Gasteiger partial charge in [0.25, 0.3) is 0 Å². The smallest absolute Gasteiger partial charge is 0.336 e. The van der Waals surface area contributed by atoms with Crippen molar-refractivity contribution in [2.75, 3.05) is 0 Å². The van der Waals surface area contributed by atoms with E-state index >= 15 is 0 Å². The Morgan fingerprint density at radius 2 is 2.10 bits per heavy atom. The number of nitrogens with zero attached hydrogens (tertiary/aromatic N) is 2. The maximum atomic E-state index is 11.4. The number of rotatable bonds is 3. The third-order valence-electron chi connectivity index (χ3n) is 2.71. The van der Waals surface area contributed by atoms with Crippen molar-refractivity contribution in [3.8, 4) is 0 Å². The van der Waals surface area contributed by atoms with Gasteiger partial charge in [-0.05, 0) is 30.8 Å². The van der Waals surface area contributed by atoms with E-state index in [2.05, 4.69) is 9.97 Å². The van der Waals surface area contributed by atoms with Crippen molar-refractivity contribution in [3.63, 3.8) is 0 Å². The van der Waals surface area contributed by atoms with Gasteiger partial charge in [0, 0.05) is 16.5 Å². The zero-order valence-electron chi connectivity index (χ0n) is 10.5. The lowest BCUT2D eigenvalue weighted by atomic mass is 10.1. The van der Waals surface area contributed by atoms with Crippen LogP contribution in [0.4, 0.5) is 0 Å². The number of hydrogen-bond donors (Lipinski definition) is 1. The largest absolute Gasteiger partial charge is 0.478 e. The molecule has 0 aliphatic carbocycles. The molecular formula is C14H10N2O2S2. The minimum atomic E-state index is -0.944. The van der Waals surface area contributed by atoms with E-state index in [4.69, 9.17) is 0 Å². The van der Waals surface area contributed by atoms with Crippen molar-refractivity contribution in [1.82, 2.24) is 9.97 Å². The Labute approximate surface area is 123 Å².